The fraction of sp³-hybridized carbons (Fsp3) is 0.0769. The predicted molar refractivity (Wildman–Crippen MR) is 66.2 cm³/mol. The monoisotopic (exact) mass is 227 g/mol. The lowest BCUT2D eigenvalue weighted by atomic mass is 10.1. The van der Waals surface area contributed by atoms with Crippen LogP contribution >= 0.6 is 0 Å². The molecule has 0 unspecified atom stereocenters. The highest BCUT2D eigenvalue weighted by Gasteiger charge is 2.07. The zero-order valence-corrected chi connectivity index (χ0v) is 9.26. The Hall–Kier alpha value is -2.20. The summed E-state index contributed by atoms with van der Waals surface area (Å²) in [6.07, 6.45) is 0. The quantitative estimate of drug-likeness (QED) is 0.779. The van der Waals surface area contributed by atoms with Crippen LogP contribution in [-0.4, -0.2) is 17.6 Å². The standard InChI is InChI=1S/C13H13N3O/c14-9-15-13(17)12-8-4-7-11(16-12)10-5-2-1-3-6-10/h1-8H,9,14H2,(H,15,17). The minimum atomic E-state index is -0.259. The minimum Gasteiger partial charge on any atom is -0.338 e. The molecule has 1 aromatic carbocycles. The number of hydrogen-bond donors (Lipinski definition) is 2. The molecule has 3 N–H and O–H groups in total. The van der Waals surface area contributed by atoms with Gasteiger partial charge >= 0.3 is 0 Å². The van der Waals surface area contributed by atoms with Gasteiger partial charge in [-0.15, -0.1) is 0 Å². The van der Waals surface area contributed by atoms with Crippen molar-refractivity contribution in [3.05, 3.63) is 54.2 Å². The lowest BCUT2D eigenvalue weighted by Crippen LogP contribution is -2.29. The average Bonchev–Trinajstić information content (AvgIpc) is 2.40. The molecule has 1 aromatic heterocycles. The maximum atomic E-state index is 11.6. The summed E-state index contributed by atoms with van der Waals surface area (Å²) >= 11 is 0. The molecule has 0 fully saturated rings. The van der Waals surface area contributed by atoms with Crippen molar-refractivity contribution in [2.24, 2.45) is 5.73 Å². The number of nitrogens with zero attached hydrogens (tertiary/aromatic N) is 1. The normalized spacial score (nSPS) is 9.94. The van der Waals surface area contributed by atoms with Crippen molar-refractivity contribution in [1.29, 1.82) is 0 Å². The van der Waals surface area contributed by atoms with E-state index in [1.807, 2.05) is 36.4 Å². The zero-order valence-electron chi connectivity index (χ0n) is 9.26. The molecule has 0 aliphatic carbocycles. The van der Waals surface area contributed by atoms with Crippen LogP contribution in [0.5, 0.6) is 0 Å². The zero-order chi connectivity index (χ0) is 12.1. The summed E-state index contributed by atoms with van der Waals surface area (Å²) in [4.78, 5) is 15.9. The number of hydrogen-bond acceptors (Lipinski definition) is 3. The number of amides is 1. The molecule has 17 heavy (non-hydrogen) atoms. The van der Waals surface area contributed by atoms with Crippen LogP contribution in [0.3, 0.4) is 0 Å². The van der Waals surface area contributed by atoms with Gasteiger partial charge in [0.15, 0.2) is 0 Å². The van der Waals surface area contributed by atoms with E-state index < -0.39 is 0 Å². The van der Waals surface area contributed by atoms with Crippen molar-refractivity contribution >= 4 is 5.91 Å². The third kappa shape index (κ3) is 2.68. The van der Waals surface area contributed by atoms with Gasteiger partial charge in [0.25, 0.3) is 5.91 Å². The van der Waals surface area contributed by atoms with Crippen LogP contribution in [0, 0.1) is 0 Å². The number of rotatable bonds is 3. The third-order valence-corrected chi connectivity index (χ3v) is 2.31. The van der Waals surface area contributed by atoms with Gasteiger partial charge < -0.3 is 11.1 Å². The first-order chi connectivity index (χ1) is 8.31. The Balaban J connectivity index is 2.32. The first-order valence-electron chi connectivity index (χ1n) is 5.32. The molecule has 2 aromatic rings. The van der Waals surface area contributed by atoms with E-state index in [9.17, 15) is 4.79 Å². The van der Waals surface area contributed by atoms with E-state index in [0.717, 1.165) is 11.3 Å². The van der Waals surface area contributed by atoms with Crippen molar-refractivity contribution in [1.82, 2.24) is 10.3 Å². The summed E-state index contributed by atoms with van der Waals surface area (Å²) < 4.78 is 0. The average molecular weight is 227 g/mol. The molecule has 0 atom stereocenters. The summed E-state index contributed by atoms with van der Waals surface area (Å²) in [5, 5.41) is 2.52. The van der Waals surface area contributed by atoms with Crippen molar-refractivity contribution < 1.29 is 4.79 Å². The highest BCUT2D eigenvalue weighted by molar-refractivity contribution is 5.92. The van der Waals surface area contributed by atoms with Crippen LogP contribution in [0.1, 0.15) is 10.5 Å². The van der Waals surface area contributed by atoms with E-state index in [-0.39, 0.29) is 12.6 Å². The van der Waals surface area contributed by atoms with Crippen LogP contribution in [0.25, 0.3) is 11.3 Å². The lowest BCUT2D eigenvalue weighted by molar-refractivity contribution is 0.0950. The number of benzene rings is 1. The summed E-state index contributed by atoms with van der Waals surface area (Å²) in [5.41, 5.74) is 7.38. The topological polar surface area (TPSA) is 68.0 Å². The lowest BCUT2D eigenvalue weighted by Gasteiger charge is -2.04. The summed E-state index contributed by atoms with van der Waals surface area (Å²) in [7, 11) is 0. The van der Waals surface area contributed by atoms with Crippen LogP contribution in [0.2, 0.25) is 0 Å². The molecule has 0 saturated carbocycles. The Morgan fingerprint density at radius 3 is 2.59 bits per heavy atom. The first-order valence-corrected chi connectivity index (χ1v) is 5.32. The number of carbonyl (C=O) groups is 1. The van der Waals surface area contributed by atoms with E-state index in [1.165, 1.54) is 0 Å². The van der Waals surface area contributed by atoms with Crippen molar-refractivity contribution in [3.63, 3.8) is 0 Å². The molecule has 4 nitrogen and oxygen atoms in total. The SMILES string of the molecule is NCNC(=O)c1cccc(-c2ccccc2)n1. The summed E-state index contributed by atoms with van der Waals surface area (Å²) in [6, 6.07) is 15.1. The Morgan fingerprint density at radius 1 is 1.12 bits per heavy atom. The second-order valence-electron chi connectivity index (χ2n) is 3.48. The molecule has 4 heteroatoms. The Bertz CT molecular complexity index is 511. The largest absolute Gasteiger partial charge is 0.338 e. The number of nitrogens with one attached hydrogen (secondary N) is 1. The maximum Gasteiger partial charge on any atom is 0.270 e. The molecule has 0 bridgehead atoms. The van der Waals surface area contributed by atoms with Gasteiger partial charge in [-0.3, -0.25) is 4.79 Å². The highest BCUT2D eigenvalue weighted by Crippen LogP contribution is 2.16. The van der Waals surface area contributed by atoms with E-state index in [4.69, 9.17) is 5.73 Å². The van der Waals surface area contributed by atoms with E-state index in [0.29, 0.717) is 5.69 Å². The van der Waals surface area contributed by atoms with Gasteiger partial charge in [0, 0.05) is 5.56 Å². The molecule has 0 spiro atoms. The van der Waals surface area contributed by atoms with Crippen LogP contribution in [-0.2, 0) is 0 Å². The molecule has 1 heterocycles. The van der Waals surface area contributed by atoms with Gasteiger partial charge in [0.1, 0.15) is 5.69 Å². The van der Waals surface area contributed by atoms with Gasteiger partial charge in [0.05, 0.1) is 12.4 Å². The molecule has 1 amide bonds. The van der Waals surface area contributed by atoms with E-state index >= 15 is 0 Å². The molecular formula is C13H13N3O. The molecule has 0 saturated heterocycles. The van der Waals surface area contributed by atoms with Crippen LogP contribution < -0.4 is 11.1 Å². The van der Waals surface area contributed by atoms with Crippen molar-refractivity contribution in [2.75, 3.05) is 6.67 Å². The van der Waals surface area contributed by atoms with Gasteiger partial charge in [-0.1, -0.05) is 36.4 Å². The molecule has 0 aliphatic rings. The van der Waals surface area contributed by atoms with Crippen molar-refractivity contribution in [2.45, 2.75) is 0 Å². The van der Waals surface area contributed by atoms with E-state index in [2.05, 4.69) is 10.3 Å². The molecule has 2 rings (SSSR count). The summed E-state index contributed by atoms with van der Waals surface area (Å²) in [5.74, 6) is -0.259. The number of pyridine rings is 1. The van der Waals surface area contributed by atoms with E-state index in [1.54, 1.807) is 12.1 Å². The fourth-order valence-corrected chi connectivity index (χ4v) is 1.51. The molecule has 0 aliphatic heterocycles. The van der Waals surface area contributed by atoms with Crippen LogP contribution in [0.4, 0.5) is 0 Å². The predicted octanol–water partition coefficient (Wildman–Crippen LogP) is 1.39. The number of nitrogens with two attached hydrogens (primary N) is 1. The minimum absolute atomic E-state index is 0.107. The molecule has 0 radical (unpaired) electrons. The van der Waals surface area contributed by atoms with Gasteiger partial charge in [0.2, 0.25) is 0 Å². The fourth-order valence-electron chi connectivity index (χ4n) is 1.51. The van der Waals surface area contributed by atoms with Gasteiger partial charge in [-0.05, 0) is 12.1 Å². The smallest absolute Gasteiger partial charge is 0.270 e. The maximum absolute atomic E-state index is 11.6. The van der Waals surface area contributed by atoms with Gasteiger partial charge in [-0.25, -0.2) is 4.98 Å². The van der Waals surface area contributed by atoms with Crippen molar-refractivity contribution in [3.8, 4) is 11.3 Å². The van der Waals surface area contributed by atoms with Gasteiger partial charge in [-0.2, -0.15) is 0 Å². The Labute approximate surface area is 99.5 Å². The second-order valence-corrected chi connectivity index (χ2v) is 3.48. The third-order valence-electron chi connectivity index (χ3n) is 2.31. The highest BCUT2D eigenvalue weighted by atomic mass is 16.1. The molecule has 86 valence electrons. The van der Waals surface area contributed by atoms with Crippen LogP contribution in [0.15, 0.2) is 48.5 Å². The summed E-state index contributed by atoms with van der Waals surface area (Å²) in [6.45, 7) is 0.107. The number of aromatic nitrogens is 1. The second kappa shape index (κ2) is 5.23. The first kappa shape index (κ1) is 11.3. The Morgan fingerprint density at radius 2 is 1.88 bits per heavy atom. The number of carbonyl (C=O) groups excluding carboxylic acids is 1. The molecular weight excluding hydrogens is 214 g/mol. The Kier molecular flexibility index (Phi) is 3.47.